The predicted octanol–water partition coefficient (Wildman–Crippen LogP) is 3.83. The topological polar surface area (TPSA) is 89.4 Å². The third-order valence-corrected chi connectivity index (χ3v) is 6.75. The number of carbonyl (C=O) groups is 2. The molecule has 2 amide bonds. The van der Waals surface area contributed by atoms with Crippen molar-refractivity contribution in [1.29, 1.82) is 0 Å². The Kier molecular flexibility index (Phi) is 6.37. The van der Waals surface area contributed by atoms with E-state index in [2.05, 4.69) is 10.4 Å². The Balaban J connectivity index is 1.35. The van der Waals surface area contributed by atoms with Gasteiger partial charge >= 0.3 is 0 Å². The van der Waals surface area contributed by atoms with Crippen LogP contribution >= 0.6 is 11.3 Å². The fourth-order valence-corrected chi connectivity index (χ4v) is 4.71. The van der Waals surface area contributed by atoms with Crippen LogP contribution in [0, 0.1) is 0 Å². The standard InChI is InChI=1S/C25H25N5O3S/c1-2-30-24-20(16-26-30)19(15-21(28-24)22-4-3-13-34-22)25(32)27-18-7-5-17(6-8-18)14-23(31)29-9-11-33-12-10-29/h3-8,13,15-16H,2,9-12,14H2,1H3,(H,27,32). The van der Waals surface area contributed by atoms with Crippen LogP contribution in [0.3, 0.4) is 0 Å². The third kappa shape index (κ3) is 4.57. The quantitative estimate of drug-likeness (QED) is 0.458. The van der Waals surface area contributed by atoms with Crippen molar-refractivity contribution < 1.29 is 14.3 Å². The monoisotopic (exact) mass is 475 g/mol. The number of amides is 2. The molecule has 34 heavy (non-hydrogen) atoms. The van der Waals surface area contributed by atoms with E-state index in [4.69, 9.17) is 9.72 Å². The van der Waals surface area contributed by atoms with Gasteiger partial charge in [-0.25, -0.2) is 9.67 Å². The minimum atomic E-state index is -0.224. The maximum Gasteiger partial charge on any atom is 0.256 e. The number of carbonyl (C=O) groups excluding carboxylic acids is 2. The molecule has 0 spiro atoms. The molecule has 0 aliphatic carbocycles. The summed E-state index contributed by atoms with van der Waals surface area (Å²) in [5.41, 5.74) is 3.54. The molecular formula is C25H25N5O3S. The molecule has 0 atom stereocenters. The van der Waals surface area contributed by atoms with Crippen molar-refractivity contribution in [3.8, 4) is 10.6 Å². The average molecular weight is 476 g/mol. The van der Waals surface area contributed by atoms with Gasteiger partial charge in [0.15, 0.2) is 5.65 Å². The lowest BCUT2D eigenvalue weighted by molar-refractivity contribution is -0.134. The zero-order valence-electron chi connectivity index (χ0n) is 18.9. The Hall–Kier alpha value is -3.56. The minimum absolute atomic E-state index is 0.0910. The zero-order chi connectivity index (χ0) is 23.5. The molecule has 1 N–H and O–H groups in total. The first-order chi connectivity index (χ1) is 16.6. The second kappa shape index (κ2) is 9.74. The Morgan fingerprint density at radius 1 is 1.15 bits per heavy atom. The largest absolute Gasteiger partial charge is 0.378 e. The molecule has 0 bridgehead atoms. The van der Waals surface area contributed by atoms with Gasteiger partial charge in [-0.3, -0.25) is 9.59 Å². The van der Waals surface area contributed by atoms with E-state index < -0.39 is 0 Å². The van der Waals surface area contributed by atoms with Crippen LogP contribution in [0.25, 0.3) is 21.6 Å². The van der Waals surface area contributed by atoms with E-state index in [0.29, 0.717) is 61.6 Å². The maximum absolute atomic E-state index is 13.3. The predicted molar refractivity (Wildman–Crippen MR) is 132 cm³/mol. The summed E-state index contributed by atoms with van der Waals surface area (Å²) in [5, 5.41) is 10.1. The fourth-order valence-electron chi connectivity index (χ4n) is 4.02. The number of aromatic nitrogens is 3. The normalized spacial score (nSPS) is 13.9. The smallest absolute Gasteiger partial charge is 0.256 e. The van der Waals surface area contributed by atoms with Gasteiger partial charge < -0.3 is 15.0 Å². The second-order valence-electron chi connectivity index (χ2n) is 8.05. The first-order valence-electron chi connectivity index (χ1n) is 11.3. The molecular weight excluding hydrogens is 450 g/mol. The van der Waals surface area contributed by atoms with Crippen LogP contribution in [0.1, 0.15) is 22.8 Å². The summed E-state index contributed by atoms with van der Waals surface area (Å²) in [6, 6.07) is 13.2. The molecule has 1 fully saturated rings. The van der Waals surface area contributed by atoms with Gasteiger partial charge in [0, 0.05) is 25.3 Å². The number of pyridine rings is 1. The van der Waals surface area contributed by atoms with E-state index in [0.717, 1.165) is 16.1 Å². The third-order valence-electron chi connectivity index (χ3n) is 5.86. The minimum Gasteiger partial charge on any atom is -0.378 e. The Labute approximate surface area is 201 Å². The molecule has 174 valence electrons. The number of rotatable bonds is 6. The van der Waals surface area contributed by atoms with Crippen molar-refractivity contribution in [3.63, 3.8) is 0 Å². The van der Waals surface area contributed by atoms with Crippen LogP contribution in [0.4, 0.5) is 5.69 Å². The summed E-state index contributed by atoms with van der Waals surface area (Å²) in [7, 11) is 0. The number of ether oxygens (including phenoxy) is 1. The number of nitrogens with zero attached hydrogens (tertiary/aromatic N) is 4. The Morgan fingerprint density at radius 3 is 2.65 bits per heavy atom. The molecule has 4 heterocycles. The molecule has 5 rings (SSSR count). The average Bonchev–Trinajstić information content (AvgIpc) is 3.55. The molecule has 8 nitrogen and oxygen atoms in total. The first kappa shape index (κ1) is 22.2. The number of benzene rings is 1. The van der Waals surface area contributed by atoms with E-state index in [1.165, 1.54) is 0 Å². The van der Waals surface area contributed by atoms with Crippen molar-refractivity contribution in [2.24, 2.45) is 0 Å². The molecule has 0 unspecified atom stereocenters. The van der Waals surface area contributed by atoms with Crippen molar-refractivity contribution in [1.82, 2.24) is 19.7 Å². The number of nitrogens with one attached hydrogen (secondary N) is 1. The van der Waals surface area contributed by atoms with Gasteiger partial charge in [0.25, 0.3) is 5.91 Å². The van der Waals surface area contributed by atoms with E-state index in [1.807, 2.05) is 59.7 Å². The number of anilines is 1. The van der Waals surface area contributed by atoms with E-state index in [1.54, 1.807) is 22.2 Å². The van der Waals surface area contributed by atoms with Gasteiger partial charge in [-0.05, 0) is 42.1 Å². The highest BCUT2D eigenvalue weighted by Gasteiger charge is 2.19. The summed E-state index contributed by atoms with van der Waals surface area (Å²) in [5.74, 6) is -0.133. The first-order valence-corrected chi connectivity index (χ1v) is 12.2. The van der Waals surface area contributed by atoms with Gasteiger partial charge in [-0.2, -0.15) is 5.10 Å². The molecule has 1 aliphatic rings. The molecule has 1 aliphatic heterocycles. The van der Waals surface area contributed by atoms with Crippen molar-refractivity contribution in [2.45, 2.75) is 19.9 Å². The highest BCUT2D eigenvalue weighted by atomic mass is 32.1. The lowest BCUT2D eigenvalue weighted by atomic mass is 10.1. The number of hydrogen-bond donors (Lipinski definition) is 1. The second-order valence-corrected chi connectivity index (χ2v) is 9.00. The van der Waals surface area contributed by atoms with Gasteiger partial charge in [0.1, 0.15) is 0 Å². The maximum atomic E-state index is 13.3. The van der Waals surface area contributed by atoms with E-state index in [9.17, 15) is 9.59 Å². The molecule has 3 aromatic heterocycles. The zero-order valence-corrected chi connectivity index (χ0v) is 19.7. The highest BCUT2D eigenvalue weighted by Crippen LogP contribution is 2.28. The number of thiophene rings is 1. The van der Waals surface area contributed by atoms with Crippen LogP contribution in [0.15, 0.2) is 54.0 Å². The van der Waals surface area contributed by atoms with Crippen molar-refractivity contribution in [3.05, 3.63) is 65.2 Å². The van der Waals surface area contributed by atoms with Crippen molar-refractivity contribution >= 4 is 39.9 Å². The lowest BCUT2D eigenvalue weighted by Crippen LogP contribution is -2.41. The molecule has 4 aromatic rings. The van der Waals surface area contributed by atoms with Gasteiger partial charge in [-0.15, -0.1) is 11.3 Å². The fraction of sp³-hybridized carbons (Fsp3) is 0.280. The van der Waals surface area contributed by atoms with E-state index >= 15 is 0 Å². The number of hydrogen-bond acceptors (Lipinski definition) is 6. The van der Waals surface area contributed by atoms with Gasteiger partial charge in [0.2, 0.25) is 5.91 Å². The number of aryl methyl sites for hydroxylation is 1. The SMILES string of the molecule is CCn1ncc2c(C(=O)Nc3ccc(CC(=O)N4CCOCC4)cc3)cc(-c3cccs3)nc21. The highest BCUT2D eigenvalue weighted by molar-refractivity contribution is 7.13. The Morgan fingerprint density at radius 2 is 1.94 bits per heavy atom. The van der Waals surface area contributed by atoms with Crippen LogP contribution in [0.5, 0.6) is 0 Å². The molecule has 1 saturated heterocycles. The molecule has 1 aromatic carbocycles. The summed E-state index contributed by atoms with van der Waals surface area (Å²) in [4.78, 5) is 33.3. The lowest BCUT2D eigenvalue weighted by Gasteiger charge is -2.26. The van der Waals surface area contributed by atoms with Crippen LogP contribution in [-0.4, -0.2) is 57.8 Å². The summed E-state index contributed by atoms with van der Waals surface area (Å²) in [6.07, 6.45) is 2.03. The molecule has 0 radical (unpaired) electrons. The summed E-state index contributed by atoms with van der Waals surface area (Å²) in [6.45, 7) is 5.10. The van der Waals surface area contributed by atoms with Crippen molar-refractivity contribution in [2.75, 3.05) is 31.6 Å². The number of morpholine rings is 1. The van der Waals surface area contributed by atoms with Crippen LogP contribution < -0.4 is 5.32 Å². The van der Waals surface area contributed by atoms with Gasteiger partial charge in [-0.1, -0.05) is 18.2 Å². The number of fused-ring (bicyclic) bond motifs is 1. The summed E-state index contributed by atoms with van der Waals surface area (Å²) < 4.78 is 7.10. The van der Waals surface area contributed by atoms with Gasteiger partial charge in [0.05, 0.1) is 47.4 Å². The Bertz CT molecular complexity index is 1310. The molecule has 0 saturated carbocycles. The molecule has 9 heteroatoms. The van der Waals surface area contributed by atoms with E-state index in [-0.39, 0.29) is 11.8 Å². The van der Waals surface area contributed by atoms with Crippen LogP contribution in [0.2, 0.25) is 0 Å². The van der Waals surface area contributed by atoms with Crippen LogP contribution in [-0.2, 0) is 22.5 Å². The summed E-state index contributed by atoms with van der Waals surface area (Å²) >= 11 is 1.58.